The van der Waals surface area contributed by atoms with Gasteiger partial charge in [-0.1, -0.05) is 60.7 Å². The summed E-state index contributed by atoms with van der Waals surface area (Å²) in [7, 11) is 0. The van der Waals surface area contributed by atoms with Gasteiger partial charge in [-0.05, 0) is 35.2 Å². The van der Waals surface area contributed by atoms with Crippen molar-refractivity contribution in [2.45, 2.75) is 0 Å². The topological polar surface area (TPSA) is 7.76 Å². The van der Waals surface area contributed by atoms with Crippen LogP contribution >= 0.6 is 0 Å². The van der Waals surface area contributed by atoms with Crippen molar-refractivity contribution in [3.8, 4) is 11.4 Å². The molecule has 1 aliphatic rings. The normalized spacial score (nSPS) is 13.9. The molecule has 0 radical (unpaired) electrons. The Balaban J connectivity index is 1.98. The van der Waals surface area contributed by atoms with Gasteiger partial charge in [0.1, 0.15) is 12.4 Å². The summed E-state index contributed by atoms with van der Waals surface area (Å²) in [4.78, 5) is 0. The molecule has 0 aliphatic carbocycles. The highest BCUT2D eigenvalue weighted by Gasteiger charge is 2.59. The number of nitrogens with zero attached hydrogens (tertiary/aromatic N) is 2. The zero-order valence-corrected chi connectivity index (χ0v) is 13.9. The number of hydrogen-bond donors (Lipinski definition) is 0. The van der Waals surface area contributed by atoms with Crippen LogP contribution in [0.15, 0.2) is 109 Å². The lowest BCUT2D eigenvalue weighted by molar-refractivity contribution is -0.636. The molecule has 2 nitrogen and oxygen atoms in total. The molecule has 25 heavy (non-hydrogen) atoms. The van der Waals surface area contributed by atoms with Crippen molar-refractivity contribution in [1.29, 1.82) is 0 Å². The van der Waals surface area contributed by atoms with E-state index in [2.05, 4.69) is 118 Å². The average molecular weight is 321 g/mol. The molecule has 4 aromatic rings. The second-order valence-electron chi connectivity index (χ2n) is 6.58. The number of pyridine rings is 2. The molecular formula is C22H18BN2+. The van der Waals surface area contributed by atoms with Gasteiger partial charge in [-0.25, -0.2) is 0 Å². The van der Waals surface area contributed by atoms with E-state index in [1.54, 1.807) is 0 Å². The summed E-state index contributed by atoms with van der Waals surface area (Å²) in [6.45, 7) is 0. The van der Waals surface area contributed by atoms with E-state index < -0.39 is 6.42 Å². The molecule has 5 rings (SSSR count). The molecule has 2 aromatic heterocycles. The fraction of sp³-hybridized carbons (Fsp3) is 0. The van der Waals surface area contributed by atoms with E-state index in [1.165, 1.54) is 22.3 Å². The summed E-state index contributed by atoms with van der Waals surface area (Å²) < 4.78 is 4.89. The van der Waals surface area contributed by atoms with Crippen LogP contribution in [0.4, 0.5) is 0 Å². The Morgan fingerprint density at radius 1 is 0.440 bits per heavy atom. The fourth-order valence-corrected chi connectivity index (χ4v) is 4.41. The first-order valence-electron chi connectivity index (χ1n) is 8.71. The SMILES string of the molecule is c1ccc([B-]2(c3ccccc3)[n+]3ccccc3-c3cccc[n+]32)cc1. The molecule has 0 amide bonds. The van der Waals surface area contributed by atoms with E-state index >= 15 is 0 Å². The maximum Gasteiger partial charge on any atom is 0.603 e. The molecule has 0 fully saturated rings. The van der Waals surface area contributed by atoms with Crippen molar-refractivity contribution in [2.75, 3.05) is 0 Å². The third kappa shape index (κ3) is 1.87. The summed E-state index contributed by atoms with van der Waals surface area (Å²) in [5.74, 6) is 0. The van der Waals surface area contributed by atoms with Crippen LogP contribution in [0.2, 0.25) is 0 Å². The largest absolute Gasteiger partial charge is 0.603 e. The standard InChI is InChI=1S/C22H18BN2/c1-3-11-19(12-4-1)23(20-13-5-2-6-14-20)24-17-9-7-15-21(24)22-16-8-10-18-25(22)23/h1-18H/q+1. The van der Waals surface area contributed by atoms with Crippen LogP contribution in [-0.4, -0.2) is 6.42 Å². The number of rotatable bonds is 2. The van der Waals surface area contributed by atoms with Gasteiger partial charge in [0.15, 0.2) is 0 Å². The maximum atomic E-state index is 2.44. The maximum absolute atomic E-state index is 2.44. The molecule has 118 valence electrons. The summed E-state index contributed by atoms with van der Waals surface area (Å²) >= 11 is 0. The van der Waals surface area contributed by atoms with Crippen LogP contribution in [0.5, 0.6) is 0 Å². The highest BCUT2D eigenvalue weighted by atomic mass is 15.2. The molecule has 0 saturated carbocycles. The van der Waals surface area contributed by atoms with E-state index in [1.807, 2.05) is 0 Å². The molecule has 0 N–H and O–H groups in total. The molecule has 0 spiro atoms. The molecular weight excluding hydrogens is 303 g/mol. The van der Waals surface area contributed by atoms with Gasteiger partial charge in [0.05, 0.1) is 0 Å². The van der Waals surface area contributed by atoms with E-state index in [-0.39, 0.29) is 0 Å². The first-order chi connectivity index (χ1) is 12.4. The third-order valence-corrected chi connectivity index (χ3v) is 5.38. The fourth-order valence-electron chi connectivity index (χ4n) is 4.41. The number of fused-ring (bicyclic) bond motifs is 3. The molecule has 0 saturated heterocycles. The first kappa shape index (κ1) is 14.2. The van der Waals surface area contributed by atoms with Crippen LogP contribution in [0, 0.1) is 0 Å². The Labute approximate surface area is 147 Å². The van der Waals surface area contributed by atoms with Crippen LogP contribution < -0.4 is 19.9 Å². The number of hydrogen-bond acceptors (Lipinski definition) is 0. The van der Waals surface area contributed by atoms with Crippen molar-refractivity contribution in [3.63, 3.8) is 0 Å². The van der Waals surface area contributed by atoms with E-state index in [0.717, 1.165) is 0 Å². The zero-order chi connectivity index (χ0) is 16.7. The molecule has 0 unspecified atom stereocenters. The van der Waals surface area contributed by atoms with Gasteiger partial charge in [-0.15, -0.1) is 0 Å². The van der Waals surface area contributed by atoms with E-state index in [4.69, 9.17) is 0 Å². The quantitative estimate of drug-likeness (QED) is 0.439. The second-order valence-corrected chi connectivity index (χ2v) is 6.58. The minimum Gasteiger partial charge on any atom is -0.341 e. The zero-order valence-electron chi connectivity index (χ0n) is 13.9. The molecule has 1 aliphatic heterocycles. The first-order valence-corrected chi connectivity index (χ1v) is 8.71. The molecule has 0 bridgehead atoms. The van der Waals surface area contributed by atoms with Gasteiger partial charge in [0, 0.05) is 12.1 Å². The van der Waals surface area contributed by atoms with Crippen molar-refractivity contribution >= 4 is 17.3 Å². The average Bonchev–Trinajstić information content (AvgIpc) is 3.01. The molecule has 3 heteroatoms. The number of aromatic nitrogens is 2. The van der Waals surface area contributed by atoms with E-state index in [0.29, 0.717) is 0 Å². The minimum absolute atomic E-state index is 1.25. The lowest BCUT2D eigenvalue weighted by atomic mass is 9.37. The monoisotopic (exact) mass is 321 g/mol. The van der Waals surface area contributed by atoms with Gasteiger partial charge in [0.2, 0.25) is 11.4 Å². The minimum atomic E-state index is -1.31. The smallest absolute Gasteiger partial charge is 0.341 e. The van der Waals surface area contributed by atoms with Crippen molar-refractivity contribution in [3.05, 3.63) is 109 Å². The second kappa shape index (κ2) is 5.42. The summed E-state index contributed by atoms with van der Waals surface area (Å²) in [6, 6.07) is 34.6. The van der Waals surface area contributed by atoms with E-state index in [9.17, 15) is 0 Å². The Hall–Kier alpha value is -3.20. The van der Waals surface area contributed by atoms with Gasteiger partial charge in [-0.2, -0.15) is 0 Å². The summed E-state index contributed by atoms with van der Waals surface area (Å²) in [5, 5.41) is 0. The summed E-state index contributed by atoms with van der Waals surface area (Å²) in [5.41, 5.74) is 5.11. The Bertz CT molecular complexity index is 959. The highest BCUT2D eigenvalue weighted by Crippen LogP contribution is 2.19. The Morgan fingerprint density at radius 3 is 1.28 bits per heavy atom. The predicted octanol–water partition coefficient (Wildman–Crippen LogP) is 1.89. The molecule has 3 heterocycles. The van der Waals surface area contributed by atoms with Gasteiger partial charge in [-0.3, -0.25) is 0 Å². The van der Waals surface area contributed by atoms with Crippen LogP contribution in [-0.2, 0) is 0 Å². The van der Waals surface area contributed by atoms with Gasteiger partial charge in [0.25, 0.3) is 0 Å². The third-order valence-electron chi connectivity index (χ3n) is 5.38. The Morgan fingerprint density at radius 2 is 0.840 bits per heavy atom. The Kier molecular flexibility index (Phi) is 3.07. The van der Waals surface area contributed by atoms with Crippen molar-refractivity contribution in [2.24, 2.45) is 0 Å². The highest BCUT2D eigenvalue weighted by molar-refractivity contribution is 6.89. The van der Waals surface area contributed by atoms with Crippen molar-refractivity contribution < 1.29 is 8.96 Å². The van der Waals surface area contributed by atoms with Crippen molar-refractivity contribution in [1.82, 2.24) is 0 Å². The lowest BCUT2D eigenvalue weighted by Gasteiger charge is -2.25. The predicted molar refractivity (Wildman–Crippen MR) is 101 cm³/mol. The van der Waals surface area contributed by atoms with Gasteiger partial charge < -0.3 is 8.96 Å². The molecule has 0 atom stereocenters. The lowest BCUT2D eigenvalue weighted by Crippen LogP contribution is -2.90. The van der Waals surface area contributed by atoms with Crippen LogP contribution in [0.3, 0.4) is 0 Å². The number of benzene rings is 2. The van der Waals surface area contributed by atoms with Crippen LogP contribution in [0.1, 0.15) is 0 Å². The van der Waals surface area contributed by atoms with Crippen LogP contribution in [0.25, 0.3) is 11.4 Å². The van der Waals surface area contributed by atoms with Gasteiger partial charge >= 0.3 is 6.42 Å². The summed E-state index contributed by atoms with van der Waals surface area (Å²) in [6.07, 6.45) is 3.11. The molecule has 2 aromatic carbocycles.